The Morgan fingerprint density at radius 2 is 1.86 bits per heavy atom. The summed E-state index contributed by atoms with van der Waals surface area (Å²) in [6.07, 6.45) is 4.03. The lowest BCUT2D eigenvalue weighted by Gasteiger charge is -2.37. The number of likely N-dealkylation sites (N-methyl/N-ethyl adjacent to an activating group) is 2. The first-order valence-electron chi connectivity index (χ1n) is 10.4. The van der Waals surface area contributed by atoms with Crippen LogP contribution in [0.25, 0.3) is 0 Å². The lowest BCUT2D eigenvalue weighted by atomic mass is 9.70. The molecule has 160 valence electrons. The second kappa shape index (κ2) is 8.36. The molecule has 0 radical (unpaired) electrons. The van der Waals surface area contributed by atoms with Crippen molar-refractivity contribution in [3.63, 3.8) is 0 Å². The fourth-order valence-corrected chi connectivity index (χ4v) is 4.79. The normalized spacial score (nSPS) is 27.0. The Balaban J connectivity index is 1.79. The number of aromatic nitrogens is 2. The van der Waals surface area contributed by atoms with Crippen molar-refractivity contribution >= 4 is 0 Å². The number of nitrogens with zero attached hydrogens (tertiary/aromatic N) is 4. The largest absolute Gasteiger partial charge is 0.384 e. The smallest absolute Gasteiger partial charge is 0.272 e. The van der Waals surface area contributed by atoms with Crippen molar-refractivity contribution < 1.29 is 13.5 Å². The van der Waals surface area contributed by atoms with E-state index in [9.17, 15) is 8.78 Å². The van der Waals surface area contributed by atoms with Gasteiger partial charge in [-0.25, -0.2) is 8.78 Å². The summed E-state index contributed by atoms with van der Waals surface area (Å²) in [6.45, 7) is 5.40. The molecule has 0 unspecified atom stereocenters. The van der Waals surface area contributed by atoms with Crippen molar-refractivity contribution in [2.24, 2.45) is 5.41 Å². The van der Waals surface area contributed by atoms with Crippen LogP contribution in [0.2, 0.25) is 0 Å². The predicted molar refractivity (Wildman–Crippen MR) is 107 cm³/mol. The van der Waals surface area contributed by atoms with Crippen LogP contribution < -0.4 is 0 Å². The quantitative estimate of drug-likeness (QED) is 0.672. The molecule has 1 fully saturated rings. The molecule has 1 aromatic rings. The average molecular weight is 399 g/mol. The summed E-state index contributed by atoms with van der Waals surface area (Å²) in [6, 6.07) is 0. The van der Waals surface area contributed by atoms with Gasteiger partial charge in [-0.05, 0) is 58.2 Å². The molecule has 1 aliphatic carbocycles. The molecule has 0 saturated heterocycles. The van der Waals surface area contributed by atoms with Gasteiger partial charge in [-0.1, -0.05) is 6.92 Å². The van der Waals surface area contributed by atoms with E-state index >= 15 is 0 Å². The average Bonchev–Trinajstić information content (AvgIpc) is 3.05. The third-order valence-corrected chi connectivity index (χ3v) is 6.42. The molecule has 0 atom stereocenters. The lowest BCUT2D eigenvalue weighted by Crippen LogP contribution is -2.30. The van der Waals surface area contributed by atoms with Crippen molar-refractivity contribution in [3.8, 4) is 0 Å². The SMILES string of the molecule is COCC1(C)CCC(c2c(CN(C)CCN(C)C)nn3c2CC(F)(F)C3)CC1. The van der Waals surface area contributed by atoms with E-state index in [0.29, 0.717) is 5.92 Å². The summed E-state index contributed by atoms with van der Waals surface area (Å²) >= 11 is 0. The van der Waals surface area contributed by atoms with Gasteiger partial charge in [-0.3, -0.25) is 9.58 Å². The van der Waals surface area contributed by atoms with Crippen molar-refractivity contribution in [2.75, 3.05) is 47.9 Å². The van der Waals surface area contributed by atoms with Gasteiger partial charge in [0, 0.05) is 38.0 Å². The van der Waals surface area contributed by atoms with Crippen LogP contribution in [0, 0.1) is 5.41 Å². The number of alkyl halides is 2. The van der Waals surface area contributed by atoms with Gasteiger partial charge in [-0.2, -0.15) is 5.10 Å². The van der Waals surface area contributed by atoms with E-state index in [1.807, 2.05) is 0 Å². The number of halogens is 2. The summed E-state index contributed by atoms with van der Waals surface area (Å²) < 4.78 is 35.1. The minimum absolute atomic E-state index is 0.164. The Hall–Kier alpha value is -1.05. The molecule has 0 amide bonds. The van der Waals surface area contributed by atoms with Crippen LogP contribution in [0.15, 0.2) is 0 Å². The van der Waals surface area contributed by atoms with Gasteiger partial charge in [0.25, 0.3) is 5.92 Å². The first kappa shape index (κ1) is 21.7. The van der Waals surface area contributed by atoms with Crippen molar-refractivity contribution in [1.82, 2.24) is 19.6 Å². The van der Waals surface area contributed by atoms with E-state index in [1.165, 1.54) is 0 Å². The van der Waals surface area contributed by atoms with Crippen LogP contribution in [-0.4, -0.2) is 73.5 Å². The first-order valence-corrected chi connectivity index (χ1v) is 10.4. The van der Waals surface area contributed by atoms with Crippen LogP contribution in [-0.2, 0) is 24.2 Å². The maximum absolute atomic E-state index is 14.1. The van der Waals surface area contributed by atoms with Crippen LogP contribution in [0.1, 0.15) is 55.5 Å². The van der Waals surface area contributed by atoms with Gasteiger partial charge in [0.2, 0.25) is 0 Å². The van der Waals surface area contributed by atoms with E-state index in [2.05, 4.69) is 43.0 Å². The van der Waals surface area contributed by atoms with Crippen LogP contribution in [0.3, 0.4) is 0 Å². The van der Waals surface area contributed by atoms with Crippen molar-refractivity contribution in [3.05, 3.63) is 17.0 Å². The van der Waals surface area contributed by atoms with Gasteiger partial charge < -0.3 is 9.64 Å². The molecule has 0 bridgehead atoms. The standard InChI is InChI=1S/C21H36F2N4O/c1-20(15-28-5)8-6-16(7-9-20)19-17(13-26(4)11-10-25(2)3)24-27-14-21(22,23)12-18(19)27/h16H,6-15H2,1-5H3. The number of methoxy groups -OCH3 is 1. The summed E-state index contributed by atoms with van der Waals surface area (Å²) in [4.78, 5) is 4.40. The van der Waals surface area contributed by atoms with Gasteiger partial charge >= 0.3 is 0 Å². The Bertz CT molecular complexity index is 666. The van der Waals surface area contributed by atoms with Crippen molar-refractivity contribution in [2.45, 2.75) is 64.0 Å². The fourth-order valence-electron chi connectivity index (χ4n) is 4.79. The molecule has 7 heteroatoms. The second-order valence-electron chi connectivity index (χ2n) is 9.56. The molecule has 3 rings (SSSR count). The Kier molecular flexibility index (Phi) is 6.47. The van der Waals surface area contributed by atoms with Gasteiger partial charge in [0.1, 0.15) is 6.54 Å². The number of rotatable bonds is 8. The summed E-state index contributed by atoms with van der Waals surface area (Å²) in [7, 11) is 7.96. The van der Waals surface area contributed by atoms with Crippen LogP contribution in [0.5, 0.6) is 0 Å². The predicted octanol–water partition coefficient (Wildman–Crippen LogP) is 3.38. The highest BCUT2D eigenvalue weighted by molar-refractivity contribution is 5.34. The molecule has 2 aliphatic rings. The van der Waals surface area contributed by atoms with E-state index in [1.54, 1.807) is 11.8 Å². The maximum atomic E-state index is 14.1. The zero-order valence-corrected chi connectivity index (χ0v) is 18.1. The van der Waals surface area contributed by atoms with Gasteiger partial charge in [-0.15, -0.1) is 0 Å². The van der Waals surface area contributed by atoms with Crippen molar-refractivity contribution in [1.29, 1.82) is 0 Å². The molecule has 0 aromatic carbocycles. The molecule has 1 aromatic heterocycles. The highest BCUT2D eigenvalue weighted by atomic mass is 19.3. The van der Waals surface area contributed by atoms with E-state index in [4.69, 9.17) is 4.74 Å². The monoisotopic (exact) mass is 398 g/mol. The summed E-state index contributed by atoms with van der Waals surface area (Å²) in [5.41, 5.74) is 3.11. The molecule has 1 aliphatic heterocycles. The topological polar surface area (TPSA) is 33.5 Å². The fraction of sp³-hybridized carbons (Fsp3) is 0.857. The molecule has 0 N–H and O–H groups in total. The number of hydrogen-bond donors (Lipinski definition) is 0. The lowest BCUT2D eigenvalue weighted by molar-refractivity contribution is 0.000604. The van der Waals surface area contributed by atoms with E-state index in [0.717, 1.165) is 68.9 Å². The van der Waals surface area contributed by atoms with Gasteiger partial charge in [0.05, 0.1) is 18.7 Å². The molecule has 28 heavy (non-hydrogen) atoms. The zero-order chi connectivity index (χ0) is 20.5. The molecular formula is C21H36F2N4O. The number of hydrogen-bond acceptors (Lipinski definition) is 4. The summed E-state index contributed by atoms with van der Waals surface area (Å²) in [5, 5.41) is 4.66. The number of fused-ring (bicyclic) bond motifs is 1. The second-order valence-corrected chi connectivity index (χ2v) is 9.56. The minimum atomic E-state index is -2.66. The van der Waals surface area contributed by atoms with Crippen LogP contribution >= 0.6 is 0 Å². The molecule has 1 saturated carbocycles. The minimum Gasteiger partial charge on any atom is -0.384 e. The zero-order valence-electron chi connectivity index (χ0n) is 18.1. The highest BCUT2D eigenvalue weighted by Crippen LogP contribution is 2.46. The van der Waals surface area contributed by atoms with Crippen LogP contribution in [0.4, 0.5) is 8.78 Å². The molecule has 5 nitrogen and oxygen atoms in total. The van der Waals surface area contributed by atoms with E-state index < -0.39 is 5.92 Å². The molecular weight excluding hydrogens is 362 g/mol. The molecule has 2 heterocycles. The Labute approximate surface area is 168 Å². The van der Waals surface area contributed by atoms with E-state index in [-0.39, 0.29) is 18.4 Å². The first-order chi connectivity index (χ1) is 13.1. The molecule has 0 spiro atoms. The highest BCUT2D eigenvalue weighted by Gasteiger charge is 2.43. The number of ether oxygens (including phenoxy) is 1. The Morgan fingerprint density at radius 3 is 2.46 bits per heavy atom. The van der Waals surface area contributed by atoms with Gasteiger partial charge in [0.15, 0.2) is 0 Å². The third kappa shape index (κ3) is 4.92. The Morgan fingerprint density at radius 1 is 1.18 bits per heavy atom. The summed E-state index contributed by atoms with van der Waals surface area (Å²) in [5.74, 6) is -2.33. The maximum Gasteiger partial charge on any atom is 0.272 e. The third-order valence-electron chi connectivity index (χ3n) is 6.42.